The molecule has 1 N–H and O–H groups in total. The average Bonchev–Trinajstić information content (AvgIpc) is 2.35. The van der Waals surface area contributed by atoms with Crippen LogP contribution in [0.25, 0.3) is 0 Å². The van der Waals surface area contributed by atoms with Crippen molar-refractivity contribution >= 4 is 15.9 Å². The molecule has 1 rings (SSSR count). The van der Waals surface area contributed by atoms with Gasteiger partial charge in [0.25, 0.3) is 0 Å². The topological polar surface area (TPSA) is 21.3 Å². The van der Waals surface area contributed by atoms with Gasteiger partial charge in [-0.15, -0.1) is 0 Å². The van der Waals surface area contributed by atoms with Gasteiger partial charge in [0.2, 0.25) is 0 Å². The number of benzene rings is 1. The molecule has 0 saturated heterocycles. The van der Waals surface area contributed by atoms with Crippen molar-refractivity contribution in [1.29, 1.82) is 0 Å². The first kappa shape index (κ1) is 15.6. The summed E-state index contributed by atoms with van der Waals surface area (Å²) in [5, 5.41) is 3.22. The van der Waals surface area contributed by atoms with Crippen molar-refractivity contribution in [1.82, 2.24) is 5.32 Å². The van der Waals surface area contributed by atoms with E-state index in [1.165, 1.54) is 12.5 Å². The molecule has 1 aromatic carbocycles. The van der Waals surface area contributed by atoms with Gasteiger partial charge in [0, 0.05) is 29.8 Å². The highest BCUT2D eigenvalue weighted by Gasteiger charge is 2.01. The number of nitrogens with one attached hydrogen (secondary N) is 1. The van der Waals surface area contributed by atoms with Crippen molar-refractivity contribution < 1.29 is 9.13 Å². The van der Waals surface area contributed by atoms with E-state index in [1.54, 1.807) is 6.07 Å². The minimum absolute atomic E-state index is 0.170. The predicted molar refractivity (Wildman–Crippen MR) is 76.2 cm³/mol. The maximum atomic E-state index is 13.5. The molecule has 0 aliphatic rings. The maximum Gasteiger partial charge on any atom is 0.128 e. The lowest BCUT2D eigenvalue weighted by Crippen LogP contribution is -2.17. The standard InChI is InChI=1S/C14H21BrFNO/c1-2-3-8-18-9-4-7-17-11-12-5-6-13(15)10-14(12)16/h5-6,10,17H,2-4,7-9,11H2,1H3. The lowest BCUT2D eigenvalue weighted by molar-refractivity contribution is 0.128. The molecule has 0 amide bonds. The molecule has 0 bridgehead atoms. The van der Waals surface area contributed by atoms with Gasteiger partial charge in [0.05, 0.1) is 0 Å². The lowest BCUT2D eigenvalue weighted by Gasteiger charge is -2.07. The second-order valence-corrected chi connectivity index (χ2v) is 5.15. The summed E-state index contributed by atoms with van der Waals surface area (Å²) in [6.07, 6.45) is 3.25. The molecule has 18 heavy (non-hydrogen) atoms. The van der Waals surface area contributed by atoms with E-state index in [1.807, 2.05) is 6.07 Å². The summed E-state index contributed by atoms with van der Waals surface area (Å²) in [7, 11) is 0. The molecule has 0 unspecified atom stereocenters. The Morgan fingerprint density at radius 3 is 2.78 bits per heavy atom. The van der Waals surface area contributed by atoms with Gasteiger partial charge in [-0.2, -0.15) is 0 Å². The Kier molecular flexibility index (Phi) is 8.22. The fourth-order valence-corrected chi connectivity index (χ4v) is 1.87. The van der Waals surface area contributed by atoms with Gasteiger partial charge >= 0.3 is 0 Å². The van der Waals surface area contributed by atoms with E-state index in [0.29, 0.717) is 12.1 Å². The monoisotopic (exact) mass is 317 g/mol. The second kappa shape index (κ2) is 9.48. The van der Waals surface area contributed by atoms with E-state index in [4.69, 9.17) is 4.74 Å². The molecule has 0 aliphatic heterocycles. The molecule has 0 aromatic heterocycles. The first-order valence-electron chi connectivity index (χ1n) is 6.46. The molecule has 0 radical (unpaired) electrons. The highest BCUT2D eigenvalue weighted by atomic mass is 79.9. The zero-order chi connectivity index (χ0) is 13.2. The molecule has 0 saturated carbocycles. The smallest absolute Gasteiger partial charge is 0.128 e. The summed E-state index contributed by atoms with van der Waals surface area (Å²) in [6, 6.07) is 5.14. The Bertz CT molecular complexity index is 347. The number of unbranched alkanes of at least 4 members (excludes halogenated alkanes) is 1. The fraction of sp³-hybridized carbons (Fsp3) is 0.571. The molecule has 1 aromatic rings. The molecule has 102 valence electrons. The van der Waals surface area contributed by atoms with E-state index in [-0.39, 0.29) is 5.82 Å². The van der Waals surface area contributed by atoms with Crippen molar-refractivity contribution in [2.24, 2.45) is 0 Å². The van der Waals surface area contributed by atoms with Crippen LogP contribution in [0.5, 0.6) is 0 Å². The van der Waals surface area contributed by atoms with E-state index in [0.717, 1.165) is 37.1 Å². The van der Waals surface area contributed by atoms with Gasteiger partial charge in [-0.1, -0.05) is 35.3 Å². The Morgan fingerprint density at radius 2 is 2.06 bits per heavy atom. The average molecular weight is 318 g/mol. The van der Waals surface area contributed by atoms with E-state index in [2.05, 4.69) is 28.2 Å². The van der Waals surface area contributed by atoms with Crippen LogP contribution < -0.4 is 5.32 Å². The van der Waals surface area contributed by atoms with E-state index < -0.39 is 0 Å². The van der Waals surface area contributed by atoms with E-state index in [9.17, 15) is 4.39 Å². The largest absolute Gasteiger partial charge is 0.381 e. The molecule has 0 atom stereocenters. The summed E-state index contributed by atoms with van der Waals surface area (Å²) < 4.78 is 19.7. The van der Waals surface area contributed by atoms with Gasteiger partial charge in [0.15, 0.2) is 0 Å². The van der Waals surface area contributed by atoms with Crippen molar-refractivity contribution in [3.8, 4) is 0 Å². The zero-order valence-corrected chi connectivity index (χ0v) is 12.4. The minimum Gasteiger partial charge on any atom is -0.381 e. The Balaban J connectivity index is 2.07. The van der Waals surface area contributed by atoms with Crippen LogP contribution >= 0.6 is 15.9 Å². The van der Waals surface area contributed by atoms with Gasteiger partial charge in [-0.3, -0.25) is 0 Å². The molecule has 0 heterocycles. The third-order valence-electron chi connectivity index (χ3n) is 2.62. The Labute approximate surface area is 117 Å². The summed E-state index contributed by atoms with van der Waals surface area (Å²) in [5.74, 6) is -0.170. The number of hydrogen-bond acceptors (Lipinski definition) is 2. The van der Waals surface area contributed by atoms with Crippen LogP contribution in [0.2, 0.25) is 0 Å². The molecule has 4 heteroatoms. The van der Waals surface area contributed by atoms with Crippen LogP contribution in [0.15, 0.2) is 22.7 Å². The third-order valence-corrected chi connectivity index (χ3v) is 3.11. The van der Waals surface area contributed by atoms with Gasteiger partial charge in [-0.25, -0.2) is 4.39 Å². The van der Waals surface area contributed by atoms with Crippen LogP contribution in [0.1, 0.15) is 31.7 Å². The van der Waals surface area contributed by atoms with Crippen molar-refractivity contribution in [2.75, 3.05) is 19.8 Å². The molecule has 0 spiro atoms. The van der Waals surface area contributed by atoms with Gasteiger partial charge in [-0.05, 0) is 31.5 Å². The number of rotatable bonds is 9. The lowest BCUT2D eigenvalue weighted by atomic mass is 10.2. The van der Waals surface area contributed by atoms with Crippen molar-refractivity contribution in [2.45, 2.75) is 32.7 Å². The maximum absolute atomic E-state index is 13.5. The summed E-state index contributed by atoms with van der Waals surface area (Å²) in [5.41, 5.74) is 0.699. The first-order valence-corrected chi connectivity index (χ1v) is 7.25. The molecular weight excluding hydrogens is 297 g/mol. The number of ether oxygens (including phenoxy) is 1. The van der Waals surface area contributed by atoms with Crippen molar-refractivity contribution in [3.05, 3.63) is 34.1 Å². The zero-order valence-electron chi connectivity index (χ0n) is 10.8. The highest BCUT2D eigenvalue weighted by molar-refractivity contribution is 9.10. The number of halogens is 2. The van der Waals surface area contributed by atoms with Gasteiger partial charge < -0.3 is 10.1 Å². The summed E-state index contributed by atoms with van der Waals surface area (Å²) in [4.78, 5) is 0. The van der Waals surface area contributed by atoms with Crippen LogP contribution in [0.4, 0.5) is 4.39 Å². The quantitative estimate of drug-likeness (QED) is 0.698. The van der Waals surface area contributed by atoms with Gasteiger partial charge in [0.1, 0.15) is 5.82 Å². The Hall–Kier alpha value is -0.450. The fourth-order valence-electron chi connectivity index (χ4n) is 1.54. The van der Waals surface area contributed by atoms with Crippen LogP contribution in [-0.2, 0) is 11.3 Å². The SMILES string of the molecule is CCCCOCCCNCc1ccc(Br)cc1F. The molecular formula is C14H21BrFNO. The van der Waals surface area contributed by atoms with Crippen LogP contribution in [0, 0.1) is 5.82 Å². The molecule has 2 nitrogen and oxygen atoms in total. The number of hydrogen-bond donors (Lipinski definition) is 1. The summed E-state index contributed by atoms with van der Waals surface area (Å²) in [6.45, 7) is 5.18. The minimum atomic E-state index is -0.170. The van der Waals surface area contributed by atoms with Crippen molar-refractivity contribution in [3.63, 3.8) is 0 Å². The van der Waals surface area contributed by atoms with Crippen LogP contribution in [-0.4, -0.2) is 19.8 Å². The second-order valence-electron chi connectivity index (χ2n) is 4.23. The van der Waals surface area contributed by atoms with Crippen LogP contribution in [0.3, 0.4) is 0 Å². The highest BCUT2D eigenvalue weighted by Crippen LogP contribution is 2.14. The molecule has 0 aliphatic carbocycles. The Morgan fingerprint density at radius 1 is 1.28 bits per heavy atom. The normalized spacial score (nSPS) is 10.8. The third kappa shape index (κ3) is 6.47. The first-order chi connectivity index (χ1) is 8.74. The summed E-state index contributed by atoms with van der Waals surface area (Å²) >= 11 is 3.24. The molecule has 0 fully saturated rings. The van der Waals surface area contributed by atoms with E-state index >= 15 is 0 Å². The predicted octanol–water partition coefficient (Wildman–Crippen LogP) is 3.88.